The fourth-order valence-corrected chi connectivity index (χ4v) is 2.97. The summed E-state index contributed by atoms with van der Waals surface area (Å²) in [5.74, 6) is -0.0369. The SMILES string of the molecule is CC(C)c1ncnc(N)c1C(=N)c1ccc(N2CCOCC2)c(F)c1. The molecule has 1 aliphatic rings. The lowest BCUT2D eigenvalue weighted by molar-refractivity contribution is 0.122. The molecule has 0 bridgehead atoms. The zero-order valence-electron chi connectivity index (χ0n) is 14.4. The van der Waals surface area contributed by atoms with E-state index in [1.165, 1.54) is 12.4 Å². The highest BCUT2D eigenvalue weighted by Crippen LogP contribution is 2.26. The van der Waals surface area contributed by atoms with Crippen molar-refractivity contribution in [1.29, 1.82) is 5.41 Å². The number of anilines is 2. The Labute approximate surface area is 146 Å². The molecule has 1 aliphatic heterocycles. The molecule has 1 fully saturated rings. The summed E-state index contributed by atoms with van der Waals surface area (Å²) in [6.07, 6.45) is 1.39. The van der Waals surface area contributed by atoms with Gasteiger partial charge in [-0.15, -0.1) is 0 Å². The number of nitrogens with zero attached hydrogens (tertiary/aromatic N) is 3. The topological polar surface area (TPSA) is 88.1 Å². The van der Waals surface area contributed by atoms with Gasteiger partial charge in [-0.2, -0.15) is 0 Å². The zero-order chi connectivity index (χ0) is 18.0. The van der Waals surface area contributed by atoms with Crippen molar-refractivity contribution in [1.82, 2.24) is 9.97 Å². The first-order valence-electron chi connectivity index (χ1n) is 8.31. The molecule has 0 unspecified atom stereocenters. The first kappa shape index (κ1) is 17.3. The van der Waals surface area contributed by atoms with Crippen LogP contribution in [0.2, 0.25) is 0 Å². The number of benzene rings is 1. The Morgan fingerprint density at radius 3 is 2.64 bits per heavy atom. The van der Waals surface area contributed by atoms with Gasteiger partial charge in [0.15, 0.2) is 0 Å². The lowest BCUT2D eigenvalue weighted by Crippen LogP contribution is -2.36. The molecule has 3 N–H and O–H groups in total. The van der Waals surface area contributed by atoms with Crippen molar-refractivity contribution in [3.05, 3.63) is 47.2 Å². The van der Waals surface area contributed by atoms with Crippen molar-refractivity contribution in [2.24, 2.45) is 0 Å². The maximum absolute atomic E-state index is 14.6. The first-order chi connectivity index (χ1) is 12.0. The summed E-state index contributed by atoms with van der Waals surface area (Å²) in [5.41, 5.74) is 8.25. The van der Waals surface area contributed by atoms with Crippen molar-refractivity contribution >= 4 is 17.2 Å². The molecule has 2 aromatic rings. The monoisotopic (exact) mass is 343 g/mol. The van der Waals surface area contributed by atoms with E-state index in [1.54, 1.807) is 12.1 Å². The van der Waals surface area contributed by atoms with Crippen LogP contribution in [0.1, 0.15) is 36.6 Å². The normalized spacial score (nSPS) is 14.8. The summed E-state index contributed by atoms with van der Waals surface area (Å²) in [6, 6.07) is 4.83. The van der Waals surface area contributed by atoms with Gasteiger partial charge >= 0.3 is 0 Å². The lowest BCUT2D eigenvalue weighted by Gasteiger charge is -2.29. The van der Waals surface area contributed by atoms with E-state index in [0.717, 1.165) is 0 Å². The minimum Gasteiger partial charge on any atom is -0.383 e. The number of ether oxygens (including phenoxy) is 1. The number of nitrogens with one attached hydrogen (secondary N) is 1. The van der Waals surface area contributed by atoms with Crippen LogP contribution in [0.25, 0.3) is 0 Å². The Kier molecular flexibility index (Phi) is 4.94. The number of nitrogen functional groups attached to an aromatic ring is 1. The molecule has 0 aliphatic carbocycles. The van der Waals surface area contributed by atoms with E-state index < -0.39 is 0 Å². The van der Waals surface area contributed by atoms with Gasteiger partial charge in [-0.25, -0.2) is 14.4 Å². The molecule has 1 aromatic carbocycles. The minimum absolute atomic E-state index is 0.0816. The van der Waals surface area contributed by atoms with Gasteiger partial charge in [-0.1, -0.05) is 19.9 Å². The second kappa shape index (κ2) is 7.14. The molecule has 3 rings (SSSR count). The Morgan fingerprint density at radius 2 is 2.00 bits per heavy atom. The fraction of sp³-hybridized carbons (Fsp3) is 0.389. The lowest BCUT2D eigenvalue weighted by atomic mass is 9.96. The molecule has 132 valence electrons. The third-order valence-electron chi connectivity index (χ3n) is 4.29. The molecule has 0 amide bonds. The molecule has 0 atom stereocenters. The molecule has 6 nitrogen and oxygen atoms in total. The quantitative estimate of drug-likeness (QED) is 0.833. The van der Waals surface area contributed by atoms with Crippen molar-refractivity contribution in [3.8, 4) is 0 Å². The van der Waals surface area contributed by atoms with Crippen LogP contribution in [0.3, 0.4) is 0 Å². The third kappa shape index (κ3) is 3.46. The van der Waals surface area contributed by atoms with E-state index >= 15 is 0 Å². The van der Waals surface area contributed by atoms with Gasteiger partial charge < -0.3 is 15.4 Å². The van der Waals surface area contributed by atoms with Crippen LogP contribution < -0.4 is 10.6 Å². The molecule has 1 saturated heterocycles. The van der Waals surface area contributed by atoms with E-state index in [2.05, 4.69) is 9.97 Å². The highest BCUT2D eigenvalue weighted by Gasteiger charge is 2.20. The standard InChI is InChI=1S/C18H22FN5O/c1-11(2)17-15(18(21)23-10-22-17)16(20)12-3-4-14(13(19)9-12)24-5-7-25-8-6-24/h3-4,9-11,20H,5-8H2,1-2H3,(H2,21,22,23). The molecule has 1 aromatic heterocycles. The number of hydrogen-bond donors (Lipinski definition) is 2. The van der Waals surface area contributed by atoms with Crippen LogP contribution in [-0.4, -0.2) is 42.0 Å². The van der Waals surface area contributed by atoms with Crippen LogP contribution in [-0.2, 0) is 4.74 Å². The summed E-state index contributed by atoms with van der Waals surface area (Å²) < 4.78 is 19.9. The van der Waals surface area contributed by atoms with Gasteiger partial charge in [0.05, 0.1) is 35.9 Å². The van der Waals surface area contributed by atoms with Crippen LogP contribution in [0.5, 0.6) is 0 Å². The summed E-state index contributed by atoms with van der Waals surface area (Å²) in [5, 5.41) is 8.50. The number of nitrogens with two attached hydrogens (primary N) is 1. The van der Waals surface area contributed by atoms with Crippen molar-refractivity contribution in [3.63, 3.8) is 0 Å². The number of rotatable bonds is 4. The molecule has 7 heteroatoms. The molecule has 0 radical (unpaired) electrons. The van der Waals surface area contributed by atoms with Crippen molar-refractivity contribution < 1.29 is 9.13 Å². The highest BCUT2D eigenvalue weighted by atomic mass is 19.1. The Hall–Kier alpha value is -2.54. The third-order valence-corrected chi connectivity index (χ3v) is 4.29. The van der Waals surface area contributed by atoms with E-state index in [1.807, 2.05) is 18.7 Å². The zero-order valence-corrected chi connectivity index (χ0v) is 14.4. The first-order valence-corrected chi connectivity index (χ1v) is 8.31. The van der Waals surface area contributed by atoms with Crippen molar-refractivity contribution in [2.45, 2.75) is 19.8 Å². The number of halogens is 1. The summed E-state index contributed by atoms with van der Waals surface area (Å²) in [6.45, 7) is 6.44. The number of hydrogen-bond acceptors (Lipinski definition) is 6. The van der Waals surface area contributed by atoms with Gasteiger partial charge in [0.1, 0.15) is 18.0 Å². The summed E-state index contributed by atoms with van der Waals surface area (Å²) in [7, 11) is 0. The summed E-state index contributed by atoms with van der Waals surface area (Å²) in [4.78, 5) is 10.2. The second-order valence-electron chi connectivity index (χ2n) is 6.31. The molecule has 0 saturated carbocycles. The Balaban J connectivity index is 1.95. The predicted molar refractivity (Wildman–Crippen MR) is 95.9 cm³/mol. The molecular weight excluding hydrogens is 321 g/mol. The Bertz CT molecular complexity index is 787. The van der Waals surface area contributed by atoms with E-state index in [-0.39, 0.29) is 23.3 Å². The summed E-state index contributed by atoms with van der Waals surface area (Å²) >= 11 is 0. The predicted octanol–water partition coefficient (Wildman–Crippen LogP) is 2.57. The minimum atomic E-state index is -0.356. The van der Waals surface area contributed by atoms with Crippen LogP contribution in [0.4, 0.5) is 15.9 Å². The van der Waals surface area contributed by atoms with E-state index in [9.17, 15) is 4.39 Å². The average molecular weight is 343 g/mol. The van der Waals surface area contributed by atoms with Gasteiger partial charge in [-0.3, -0.25) is 5.41 Å². The molecule has 0 spiro atoms. The van der Waals surface area contributed by atoms with Gasteiger partial charge in [0.2, 0.25) is 0 Å². The Morgan fingerprint density at radius 1 is 1.28 bits per heavy atom. The van der Waals surface area contributed by atoms with Gasteiger partial charge in [-0.05, 0) is 18.1 Å². The van der Waals surface area contributed by atoms with E-state index in [0.29, 0.717) is 48.8 Å². The maximum atomic E-state index is 14.6. The second-order valence-corrected chi connectivity index (χ2v) is 6.31. The molecule has 2 heterocycles. The smallest absolute Gasteiger partial charge is 0.147 e. The highest BCUT2D eigenvalue weighted by molar-refractivity contribution is 6.14. The average Bonchev–Trinajstić information content (AvgIpc) is 2.61. The van der Waals surface area contributed by atoms with Gasteiger partial charge in [0.25, 0.3) is 0 Å². The van der Waals surface area contributed by atoms with Crippen LogP contribution >= 0.6 is 0 Å². The maximum Gasteiger partial charge on any atom is 0.147 e. The van der Waals surface area contributed by atoms with Crippen molar-refractivity contribution in [2.75, 3.05) is 36.9 Å². The molecule has 25 heavy (non-hydrogen) atoms. The van der Waals surface area contributed by atoms with Crippen LogP contribution in [0, 0.1) is 11.2 Å². The largest absolute Gasteiger partial charge is 0.383 e. The van der Waals surface area contributed by atoms with Gasteiger partial charge in [0, 0.05) is 18.7 Å². The van der Waals surface area contributed by atoms with Crippen LogP contribution in [0.15, 0.2) is 24.5 Å². The fourth-order valence-electron chi connectivity index (χ4n) is 2.97. The van der Waals surface area contributed by atoms with E-state index in [4.69, 9.17) is 15.9 Å². The number of aromatic nitrogens is 2. The number of morpholine rings is 1. The molecular formula is C18H22FN5O.